The quantitative estimate of drug-likeness (QED) is 0.824. The zero-order valence-corrected chi connectivity index (χ0v) is 9.36. The van der Waals surface area contributed by atoms with Gasteiger partial charge in [-0.25, -0.2) is 0 Å². The molecule has 0 fully saturated rings. The van der Waals surface area contributed by atoms with Crippen LogP contribution in [0.4, 0.5) is 5.69 Å². The van der Waals surface area contributed by atoms with Gasteiger partial charge < -0.3 is 15.7 Å². The Morgan fingerprint density at radius 1 is 1.50 bits per heavy atom. The zero-order valence-electron chi connectivity index (χ0n) is 8.61. The van der Waals surface area contributed by atoms with Crippen LogP contribution >= 0.6 is 11.6 Å². The van der Waals surface area contributed by atoms with E-state index in [0.717, 1.165) is 0 Å². The first kappa shape index (κ1) is 12.3. The normalized spacial score (nSPS) is 9.88. The van der Waals surface area contributed by atoms with Crippen LogP contribution in [0, 0.1) is 0 Å². The Kier molecular flexibility index (Phi) is 3.73. The molecule has 0 bridgehead atoms. The van der Waals surface area contributed by atoms with E-state index in [1.165, 1.54) is 11.0 Å². The summed E-state index contributed by atoms with van der Waals surface area (Å²) in [5.74, 6) is -1.64. The summed E-state index contributed by atoms with van der Waals surface area (Å²) in [6.07, 6.45) is 0. The van der Waals surface area contributed by atoms with Crippen molar-refractivity contribution in [3.63, 3.8) is 0 Å². The topological polar surface area (TPSA) is 83.6 Å². The van der Waals surface area contributed by atoms with Crippen LogP contribution in [0.25, 0.3) is 0 Å². The lowest BCUT2D eigenvalue weighted by molar-refractivity contribution is -0.135. The minimum Gasteiger partial charge on any atom is -0.480 e. The lowest BCUT2D eigenvalue weighted by Gasteiger charge is -2.19. The highest BCUT2D eigenvalue weighted by Crippen LogP contribution is 2.22. The molecule has 0 aliphatic heterocycles. The molecule has 0 heterocycles. The maximum absolute atomic E-state index is 11.2. The Morgan fingerprint density at radius 3 is 2.62 bits per heavy atom. The van der Waals surface area contributed by atoms with E-state index in [-0.39, 0.29) is 12.1 Å². The van der Waals surface area contributed by atoms with Crippen LogP contribution in [0.15, 0.2) is 18.2 Å². The molecule has 1 aromatic rings. The lowest BCUT2D eigenvalue weighted by atomic mass is 10.1. The van der Waals surface area contributed by atoms with Crippen LogP contribution in [0.3, 0.4) is 0 Å². The van der Waals surface area contributed by atoms with Crippen LogP contribution in [-0.4, -0.2) is 30.6 Å². The van der Waals surface area contributed by atoms with Crippen LogP contribution in [0.2, 0.25) is 5.02 Å². The predicted octanol–water partition coefficient (Wildman–Crippen LogP) is 0.960. The molecule has 5 nitrogen and oxygen atoms in total. The third-order valence-corrected chi connectivity index (χ3v) is 2.24. The number of nitrogens with two attached hydrogens (primary N) is 1. The molecule has 0 aliphatic rings. The number of nitrogens with zero attached hydrogens (tertiary/aromatic N) is 1. The summed E-state index contributed by atoms with van der Waals surface area (Å²) in [4.78, 5) is 23.1. The van der Waals surface area contributed by atoms with Crippen molar-refractivity contribution in [2.45, 2.75) is 0 Å². The third-order valence-electron chi connectivity index (χ3n) is 2.01. The van der Waals surface area contributed by atoms with Crippen molar-refractivity contribution in [1.82, 2.24) is 0 Å². The predicted molar refractivity (Wildman–Crippen MR) is 60.9 cm³/mol. The molecule has 0 spiro atoms. The number of carboxylic acids is 1. The van der Waals surface area contributed by atoms with E-state index in [1.807, 2.05) is 0 Å². The number of carbonyl (C=O) groups is 2. The molecule has 0 saturated heterocycles. The van der Waals surface area contributed by atoms with Gasteiger partial charge >= 0.3 is 5.97 Å². The fourth-order valence-corrected chi connectivity index (χ4v) is 1.50. The summed E-state index contributed by atoms with van der Waals surface area (Å²) in [7, 11) is 1.56. The molecule has 0 atom stereocenters. The van der Waals surface area contributed by atoms with Crippen molar-refractivity contribution >= 4 is 29.2 Å². The van der Waals surface area contributed by atoms with E-state index in [4.69, 9.17) is 22.4 Å². The summed E-state index contributed by atoms with van der Waals surface area (Å²) >= 11 is 5.73. The van der Waals surface area contributed by atoms with E-state index in [1.54, 1.807) is 19.2 Å². The van der Waals surface area contributed by atoms with Gasteiger partial charge in [0.1, 0.15) is 6.54 Å². The van der Waals surface area contributed by atoms with Crippen molar-refractivity contribution in [3.8, 4) is 0 Å². The maximum Gasteiger partial charge on any atom is 0.323 e. The molecule has 0 aliphatic carbocycles. The highest BCUT2D eigenvalue weighted by atomic mass is 35.5. The maximum atomic E-state index is 11.2. The zero-order chi connectivity index (χ0) is 12.3. The van der Waals surface area contributed by atoms with Gasteiger partial charge in [-0.15, -0.1) is 0 Å². The first-order valence-corrected chi connectivity index (χ1v) is 4.82. The van der Waals surface area contributed by atoms with Gasteiger partial charge in [0.25, 0.3) is 5.91 Å². The monoisotopic (exact) mass is 242 g/mol. The van der Waals surface area contributed by atoms with Gasteiger partial charge in [0.05, 0.1) is 5.56 Å². The lowest BCUT2D eigenvalue weighted by Crippen LogP contribution is -2.27. The highest BCUT2D eigenvalue weighted by molar-refractivity contribution is 6.31. The second kappa shape index (κ2) is 4.85. The molecule has 3 N–H and O–H groups in total. The molecule has 0 saturated carbocycles. The Labute approximate surface area is 97.4 Å². The number of amides is 1. The molecular weight excluding hydrogens is 232 g/mol. The number of carbonyl (C=O) groups excluding carboxylic acids is 1. The number of hydrogen-bond donors (Lipinski definition) is 2. The Morgan fingerprint density at radius 2 is 2.12 bits per heavy atom. The molecule has 6 heteroatoms. The van der Waals surface area contributed by atoms with E-state index >= 15 is 0 Å². The summed E-state index contributed by atoms with van der Waals surface area (Å²) in [6.45, 7) is -0.220. The van der Waals surface area contributed by atoms with Crippen LogP contribution < -0.4 is 10.6 Å². The molecule has 0 aromatic heterocycles. The Hall–Kier alpha value is -1.75. The van der Waals surface area contributed by atoms with Crippen LogP contribution in [0.1, 0.15) is 10.4 Å². The highest BCUT2D eigenvalue weighted by Gasteiger charge is 2.14. The average Bonchev–Trinajstić information content (AvgIpc) is 2.16. The summed E-state index contributed by atoms with van der Waals surface area (Å²) in [6, 6.07) is 4.55. The van der Waals surface area contributed by atoms with E-state index in [0.29, 0.717) is 10.7 Å². The fourth-order valence-electron chi connectivity index (χ4n) is 1.33. The number of likely N-dealkylation sites (N-methyl/N-ethyl adjacent to an activating group) is 1. The molecule has 0 unspecified atom stereocenters. The molecular formula is C10H11ClN2O3. The molecule has 86 valence electrons. The Balaban J connectivity index is 3.12. The van der Waals surface area contributed by atoms with Crippen molar-refractivity contribution in [2.75, 3.05) is 18.5 Å². The second-order valence-electron chi connectivity index (χ2n) is 3.28. The number of anilines is 1. The molecule has 0 radical (unpaired) electrons. The summed E-state index contributed by atoms with van der Waals surface area (Å²) in [5, 5.41) is 9.02. The van der Waals surface area contributed by atoms with Crippen molar-refractivity contribution in [3.05, 3.63) is 28.8 Å². The number of benzene rings is 1. The van der Waals surface area contributed by atoms with E-state index in [2.05, 4.69) is 0 Å². The fraction of sp³-hybridized carbons (Fsp3) is 0.200. The van der Waals surface area contributed by atoms with Gasteiger partial charge in [0, 0.05) is 17.8 Å². The van der Waals surface area contributed by atoms with Crippen LogP contribution in [0.5, 0.6) is 0 Å². The third kappa shape index (κ3) is 2.87. The smallest absolute Gasteiger partial charge is 0.323 e. The number of primary amides is 1. The second-order valence-corrected chi connectivity index (χ2v) is 3.71. The first-order valence-electron chi connectivity index (χ1n) is 4.44. The summed E-state index contributed by atoms with van der Waals surface area (Å²) < 4.78 is 0. The number of hydrogen-bond acceptors (Lipinski definition) is 3. The van der Waals surface area contributed by atoms with Gasteiger partial charge in [-0.1, -0.05) is 11.6 Å². The average molecular weight is 243 g/mol. The number of carboxylic acid groups (broad SMARTS) is 1. The Bertz CT molecular complexity index is 434. The van der Waals surface area contributed by atoms with Gasteiger partial charge in [-0.05, 0) is 18.2 Å². The first-order chi connectivity index (χ1) is 7.41. The standard InChI is InChI=1S/C10H11ClN2O3/c1-13(5-9(14)15)8-3-2-6(11)4-7(8)10(12)16/h2-4H,5H2,1H3,(H2,12,16)(H,14,15). The van der Waals surface area contributed by atoms with Crippen molar-refractivity contribution in [1.29, 1.82) is 0 Å². The van der Waals surface area contributed by atoms with Gasteiger partial charge in [0.2, 0.25) is 0 Å². The van der Waals surface area contributed by atoms with Gasteiger partial charge in [-0.3, -0.25) is 9.59 Å². The SMILES string of the molecule is CN(CC(=O)O)c1ccc(Cl)cc1C(N)=O. The molecule has 1 amide bonds. The van der Waals surface area contributed by atoms with E-state index < -0.39 is 11.9 Å². The molecule has 1 rings (SSSR count). The summed E-state index contributed by atoms with van der Waals surface area (Å²) in [5.41, 5.74) is 5.83. The number of rotatable bonds is 4. The van der Waals surface area contributed by atoms with Crippen molar-refractivity contribution in [2.24, 2.45) is 5.73 Å². The molecule has 1 aromatic carbocycles. The van der Waals surface area contributed by atoms with Gasteiger partial charge in [-0.2, -0.15) is 0 Å². The molecule has 16 heavy (non-hydrogen) atoms. The number of halogens is 1. The van der Waals surface area contributed by atoms with E-state index in [9.17, 15) is 9.59 Å². The van der Waals surface area contributed by atoms with Crippen molar-refractivity contribution < 1.29 is 14.7 Å². The largest absolute Gasteiger partial charge is 0.480 e. The van der Waals surface area contributed by atoms with Crippen LogP contribution in [-0.2, 0) is 4.79 Å². The minimum absolute atomic E-state index is 0.205. The minimum atomic E-state index is -0.993. The van der Waals surface area contributed by atoms with Gasteiger partial charge in [0.15, 0.2) is 0 Å². The number of aliphatic carboxylic acids is 1.